The van der Waals surface area contributed by atoms with E-state index in [9.17, 15) is 0 Å². The van der Waals surface area contributed by atoms with E-state index in [1.165, 1.54) is 0 Å². The Bertz CT molecular complexity index is 59.8. The Morgan fingerprint density at radius 1 is 1.18 bits per heavy atom. The lowest BCUT2D eigenvalue weighted by Gasteiger charge is -2.13. The maximum atomic E-state index is 5.57. The topological polar surface area (TPSA) is 26.0 Å². The van der Waals surface area contributed by atoms with Gasteiger partial charge in [0.2, 0.25) is 0 Å². The van der Waals surface area contributed by atoms with Gasteiger partial charge in [-0.15, -0.1) is 6.58 Å². The first kappa shape index (κ1) is 17.0. The maximum absolute atomic E-state index is 5.57. The molecule has 0 aromatic rings. The van der Waals surface area contributed by atoms with Gasteiger partial charge in [-0.3, -0.25) is 0 Å². The summed E-state index contributed by atoms with van der Waals surface area (Å²) in [7, 11) is 0. The average Bonchev–Trinajstić information content (AvgIpc) is 1.94. The zero-order valence-corrected chi connectivity index (χ0v) is 9.07. The van der Waals surface area contributed by atoms with Crippen molar-refractivity contribution >= 4 is 0 Å². The third-order valence-electron chi connectivity index (χ3n) is 0.670. The Balaban J connectivity index is -0.000000138. The number of hydrogen-bond acceptors (Lipinski definition) is 1. The van der Waals surface area contributed by atoms with Crippen LogP contribution in [0.3, 0.4) is 0 Å². The van der Waals surface area contributed by atoms with Crippen LogP contribution in [-0.2, 0) is 0 Å². The van der Waals surface area contributed by atoms with Gasteiger partial charge in [0.05, 0.1) is 0 Å². The normalized spacial score (nSPS) is 8.27. The minimum atomic E-state index is -0.0677. The predicted molar refractivity (Wildman–Crippen MR) is 55.8 cm³/mol. The molecule has 0 spiro atoms. The summed E-state index contributed by atoms with van der Waals surface area (Å²) in [4.78, 5) is 0. The summed E-state index contributed by atoms with van der Waals surface area (Å²) >= 11 is 0. The molecule has 11 heavy (non-hydrogen) atoms. The Morgan fingerprint density at radius 2 is 1.45 bits per heavy atom. The summed E-state index contributed by atoms with van der Waals surface area (Å²) in [6, 6.07) is 0. The van der Waals surface area contributed by atoms with Crippen LogP contribution in [0.4, 0.5) is 0 Å². The highest BCUT2D eigenvalue weighted by Crippen LogP contribution is 2.01. The van der Waals surface area contributed by atoms with Crippen molar-refractivity contribution in [3.05, 3.63) is 12.7 Å². The molecule has 2 N–H and O–H groups in total. The summed E-state index contributed by atoms with van der Waals surface area (Å²) in [5, 5.41) is 0. The Morgan fingerprint density at radius 3 is 1.45 bits per heavy atom. The Labute approximate surface area is 72.7 Å². The minimum Gasteiger partial charge on any atom is -0.325 e. The van der Waals surface area contributed by atoms with Gasteiger partial charge in [-0.2, -0.15) is 0 Å². The van der Waals surface area contributed by atoms with Gasteiger partial charge in [-0.1, -0.05) is 33.8 Å². The highest BCUT2D eigenvalue weighted by atomic mass is 14.7. The standard InChI is InChI=1S/C6H13N.2C2H6/c1-4-5-6(2,3)7;2*1-2/h4H,1,5,7H2,2-3H3;2*1-2H3. The molecule has 0 aliphatic rings. The highest BCUT2D eigenvalue weighted by molar-refractivity contribution is 4.82. The van der Waals surface area contributed by atoms with Gasteiger partial charge in [0, 0.05) is 5.54 Å². The van der Waals surface area contributed by atoms with Gasteiger partial charge in [0.15, 0.2) is 0 Å². The minimum absolute atomic E-state index is 0.0677. The molecule has 0 saturated carbocycles. The summed E-state index contributed by atoms with van der Waals surface area (Å²) in [5.41, 5.74) is 5.51. The van der Waals surface area contributed by atoms with Gasteiger partial charge in [0.25, 0.3) is 0 Å². The molecule has 0 aliphatic heterocycles. The van der Waals surface area contributed by atoms with E-state index in [1.807, 2.05) is 47.6 Å². The van der Waals surface area contributed by atoms with Gasteiger partial charge in [-0.05, 0) is 20.3 Å². The van der Waals surface area contributed by atoms with Crippen LogP contribution in [0.5, 0.6) is 0 Å². The SMILES string of the molecule is C=CCC(C)(C)N.CC.CC. The van der Waals surface area contributed by atoms with Crippen molar-refractivity contribution in [2.45, 2.75) is 53.5 Å². The second-order valence-corrected chi connectivity index (χ2v) is 2.48. The van der Waals surface area contributed by atoms with Crippen molar-refractivity contribution in [2.24, 2.45) is 5.73 Å². The predicted octanol–water partition coefficient (Wildman–Crippen LogP) is 3.35. The summed E-state index contributed by atoms with van der Waals surface area (Å²) in [6.07, 6.45) is 2.72. The molecule has 0 aromatic heterocycles. The van der Waals surface area contributed by atoms with Gasteiger partial charge < -0.3 is 5.73 Å². The number of rotatable bonds is 2. The highest BCUT2D eigenvalue weighted by Gasteiger charge is 2.05. The van der Waals surface area contributed by atoms with Gasteiger partial charge >= 0.3 is 0 Å². The fraction of sp³-hybridized carbons (Fsp3) is 0.800. The van der Waals surface area contributed by atoms with Crippen molar-refractivity contribution in [1.82, 2.24) is 0 Å². The molecule has 0 aromatic carbocycles. The molecule has 70 valence electrons. The molecule has 0 bridgehead atoms. The van der Waals surface area contributed by atoms with Crippen LogP contribution in [0.25, 0.3) is 0 Å². The largest absolute Gasteiger partial charge is 0.325 e. The van der Waals surface area contributed by atoms with E-state index in [-0.39, 0.29) is 5.54 Å². The van der Waals surface area contributed by atoms with Crippen molar-refractivity contribution < 1.29 is 0 Å². The molecule has 1 nitrogen and oxygen atoms in total. The molecular weight excluding hydrogens is 134 g/mol. The molecule has 0 rings (SSSR count). The fourth-order valence-electron chi connectivity index (χ4n) is 0.372. The van der Waals surface area contributed by atoms with Crippen LogP contribution < -0.4 is 5.73 Å². The quantitative estimate of drug-likeness (QED) is 0.614. The summed E-state index contributed by atoms with van der Waals surface area (Å²) < 4.78 is 0. The van der Waals surface area contributed by atoms with Crippen LogP contribution in [0.1, 0.15) is 48.0 Å². The molecule has 0 fully saturated rings. The number of nitrogens with two attached hydrogens (primary N) is 1. The van der Waals surface area contributed by atoms with E-state index in [4.69, 9.17) is 5.73 Å². The monoisotopic (exact) mass is 159 g/mol. The molecule has 0 saturated heterocycles. The third kappa shape index (κ3) is 42.0. The molecule has 0 unspecified atom stereocenters. The molecule has 1 heteroatoms. The van der Waals surface area contributed by atoms with Gasteiger partial charge in [0.1, 0.15) is 0 Å². The number of hydrogen-bond donors (Lipinski definition) is 1. The van der Waals surface area contributed by atoms with E-state index in [0.717, 1.165) is 6.42 Å². The van der Waals surface area contributed by atoms with Crippen molar-refractivity contribution in [1.29, 1.82) is 0 Å². The van der Waals surface area contributed by atoms with Gasteiger partial charge in [-0.25, -0.2) is 0 Å². The lowest BCUT2D eigenvalue weighted by atomic mass is 10.0. The average molecular weight is 159 g/mol. The van der Waals surface area contributed by atoms with E-state index in [2.05, 4.69) is 6.58 Å². The summed E-state index contributed by atoms with van der Waals surface area (Å²) in [5.74, 6) is 0. The molecule has 0 radical (unpaired) electrons. The summed E-state index contributed by atoms with van der Waals surface area (Å²) in [6.45, 7) is 15.5. The van der Waals surface area contributed by atoms with Crippen LogP contribution >= 0.6 is 0 Å². The van der Waals surface area contributed by atoms with Crippen LogP contribution in [0, 0.1) is 0 Å². The van der Waals surface area contributed by atoms with Crippen LogP contribution in [0.15, 0.2) is 12.7 Å². The molecule has 0 aliphatic carbocycles. The fourth-order valence-corrected chi connectivity index (χ4v) is 0.372. The zero-order valence-electron chi connectivity index (χ0n) is 9.07. The van der Waals surface area contributed by atoms with Crippen LogP contribution in [-0.4, -0.2) is 5.54 Å². The van der Waals surface area contributed by atoms with E-state index in [0.29, 0.717) is 0 Å². The smallest absolute Gasteiger partial charge is 0.0132 e. The Hall–Kier alpha value is -0.300. The first-order chi connectivity index (χ1) is 5.06. The lowest BCUT2D eigenvalue weighted by molar-refractivity contribution is 0.528. The van der Waals surface area contributed by atoms with Crippen molar-refractivity contribution in [3.63, 3.8) is 0 Å². The molecular formula is C10H25N. The maximum Gasteiger partial charge on any atom is 0.0132 e. The molecule has 0 atom stereocenters. The molecule has 0 amide bonds. The van der Waals surface area contributed by atoms with Crippen molar-refractivity contribution in [3.8, 4) is 0 Å². The zero-order chi connectivity index (χ0) is 9.91. The van der Waals surface area contributed by atoms with Crippen molar-refractivity contribution in [2.75, 3.05) is 0 Å². The molecule has 0 heterocycles. The third-order valence-corrected chi connectivity index (χ3v) is 0.670. The first-order valence-electron chi connectivity index (χ1n) is 4.46. The lowest BCUT2D eigenvalue weighted by Crippen LogP contribution is -2.30. The first-order valence-corrected chi connectivity index (χ1v) is 4.46. The van der Waals surface area contributed by atoms with E-state index >= 15 is 0 Å². The second kappa shape index (κ2) is 12.4. The Kier molecular flexibility index (Phi) is 19.1. The van der Waals surface area contributed by atoms with E-state index < -0.39 is 0 Å². The second-order valence-electron chi connectivity index (χ2n) is 2.48. The van der Waals surface area contributed by atoms with Crippen LogP contribution in [0.2, 0.25) is 0 Å². The van der Waals surface area contributed by atoms with E-state index in [1.54, 1.807) is 0 Å².